The molecule has 0 atom stereocenters. The smallest absolute Gasteiger partial charge is 0.305 e. The third kappa shape index (κ3) is 28.1. The number of ether oxygens (including phenoxy) is 12. The normalized spacial score (nSPS) is 11.7. The van der Waals surface area contributed by atoms with Gasteiger partial charge < -0.3 is 56.8 Å². The zero-order valence-corrected chi connectivity index (χ0v) is 40.1. The highest BCUT2D eigenvalue weighted by atomic mass is 16.6. The van der Waals surface area contributed by atoms with Crippen LogP contribution >= 0.6 is 0 Å². The molecule has 0 aliphatic rings. The fourth-order valence-electron chi connectivity index (χ4n) is 6.97. The number of carbonyl (C=O) groups excluding carboxylic acids is 1. The van der Waals surface area contributed by atoms with Crippen molar-refractivity contribution >= 4 is 5.97 Å². The summed E-state index contributed by atoms with van der Waals surface area (Å²) in [4.78, 5) is 11.8. The minimum Gasteiger partial charge on any atom is -0.463 e. The van der Waals surface area contributed by atoms with E-state index in [1.165, 1.54) is 44.9 Å². The van der Waals surface area contributed by atoms with Crippen LogP contribution in [0.5, 0.6) is 0 Å². The third-order valence-electron chi connectivity index (χ3n) is 10.4. The van der Waals surface area contributed by atoms with E-state index >= 15 is 0 Å². The van der Waals surface area contributed by atoms with E-state index in [4.69, 9.17) is 56.8 Å². The van der Waals surface area contributed by atoms with Gasteiger partial charge in [-0.2, -0.15) is 0 Å². The number of esters is 1. The Hall–Kier alpha value is -3.31. The number of unbranched alkanes of at least 4 members (excludes halogenated alkanes) is 8. The first-order chi connectivity index (χ1) is 32.8. The van der Waals surface area contributed by atoms with Crippen LogP contribution in [-0.2, 0) is 67.2 Å². The van der Waals surface area contributed by atoms with Crippen molar-refractivity contribution in [2.45, 2.75) is 76.7 Å². The molecule has 0 aromatic heterocycles. The van der Waals surface area contributed by atoms with Gasteiger partial charge in [-0.15, -0.1) is 0 Å². The van der Waals surface area contributed by atoms with Crippen molar-refractivity contribution in [2.24, 2.45) is 0 Å². The first kappa shape index (κ1) is 57.0. The molecule has 0 aliphatic carbocycles. The third-order valence-corrected chi connectivity index (χ3v) is 10.4. The average Bonchev–Trinajstić information content (AvgIpc) is 3.35. The van der Waals surface area contributed by atoms with Gasteiger partial charge in [-0.05, 0) is 23.1 Å². The molecule has 13 heteroatoms. The lowest BCUT2D eigenvalue weighted by Crippen LogP contribution is -2.34. The molecule has 3 aromatic carbocycles. The van der Waals surface area contributed by atoms with Crippen molar-refractivity contribution in [2.75, 3.05) is 145 Å². The van der Waals surface area contributed by atoms with E-state index in [1.54, 1.807) is 0 Å². The molecule has 0 aliphatic heterocycles. The van der Waals surface area contributed by atoms with Gasteiger partial charge in [-0.25, -0.2) is 0 Å². The van der Waals surface area contributed by atoms with Crippen LogP contribution in [-0.4, -0.2) is 151 Å². The molecular weight excluding hydrogens is 845 g/mol. The molecule has 0 saturated carbocycles. The van der Waals surface area contributed by atoms with Crippen molar-refractivity contribution in [3.63, 3.8) is 0 Å². The highest BCUT2D eigenvalue weighted by molar-refractivity contribution is 5.69. The molecule has 0 fully saturated rings. The van der Waals surface area contributed by atoms with Crippen molar-refractivity contribution in [3.8, 4) is 0 Å². The Morgan fingerprint density at radius 1 is 0.333 bits per heavy atom. The lowest BCUT2D eigenvalue weighted by molar-refractivity contribution is -0.145. The van der Waals surface area contributed by atoms with E-state index in [0.29, 0.717) is 145 Å². The van der Waals surface area contributed by atoms with Gasteiger partial charge >= 0.3 is 5.97 Å². The van der Waals surface area contributed by atoms with Crippen molar-refractivity contribution in [1.82, 2.24) is 0 Å². The highest BCUT2D eigenvalue weighted by Crippen LogP contribution is 2.40. The second-order valence-corrected chi connectivity index (χ2v) is 15.6. The van der Waals surface area contributed by atoms with Crippen LogP contribution in [0.3, 0.4) is 0 Å². The zero-order valence-electron chi connectivity index (χ0n) is 40.1. The minimum absolute atomic E-state index is 0.139. The topological polar surface area (TPSA) is 128 Å². The SMILES string of the molecule is CCCCCCCCCCCC(=O)OCCOCCOCCOCCOCCOCCOCCOCCOCCOCCOCCOC(c1ccccc1)(c1ccccc1)c1ccccc1. The Morgan fingerprint density at radius 2 is 0.591 bits per heavy atom. The summed E-state index contributed by atoms with van der Waals surface area (Å²) in [5, 5.41) is 0. The average molecular weight is 927 g/mol. The van der Waals surface area contributed by atoms with Crippen molar-refractivity contribution in [3.05, 3.63) is 108 Å². The summed E-state index contributed by atoms with van der Waals surface area (Å²) >= 11 is 0. The maximum absolute atomic E-state index is 11.8. The molecule has 0 N–H and O–H groups in total. The molecule has 0 bridgehead atoms. The first-order valence-electron chi connectivity index (χ1n) is 24.5. The van der Waals surface area contributed by atoms with Gasteiger partial charge in [0.15, 0.2) is 0 Å². The van der Waals surface area contributed by atoms with E-state index in [0.717, 1.165) is 29.5 Å². The Morgan fingerprint density at radius 3 is 0.894 bits per heavy atom. The number of rotatable bonds is 47. The summed E-state index contributed by atoms with van der Waals surface area (Å²) in [6.07, 6.45) is 11.6. The molecule has 0 amide bonds. The summed E-state index contributed by atoms with van der Waals surface area (Å²) in [5.41, 5.74) is 2.44. The second-order valence-electron chi connectivity index (χ2n) is 15.6. The molecule has 0 saturated heterocycles. The predicted octanol–water partition coefficient (Wildman–Crippen LogP) is 8.63. The lowest BCUT2D eigenvalue weighted by Gasteiger charge is -2.36. The summed E-state index contributed by atoms with van der Waals surface area (Å²) < 4.78 is 67.8. The molecule has 3 rings (SSSR count). The fourth-order valence-corrected chi connectivity index (χ4v) is 6.97. The van der Waals surface area contributed by atoms with Gasteiger partial charge in [-0.3, -0.25) is 4.79 Å². The van der Waals surface area contributed by atoms with Gasteiger partial charge in [0.25, 0.3) is 0 Å². The molecule has 66 heavy (non-hydrogen) atoms. The van der Waals surface area contributed by atoms with E-state index in [2.05, 4.69) is 43.3 Å². The predicted molar refractivity (Wildman–Crippen MR) is 256 cm³/mol. The maximum atomic E-state index is 11.8. The Kier molecular flexibility index (Phi) is 36.1. The van der Waals surface area contributed by atoms with Gasteiger partial charge in [0.2, 0.25) is 0 Å². The molecule has 0 unspecified atom stereocenters. The number of carbonyl (C=O) groups is 1. The van der Waals surface area contributed by atoms with Crippen LogP contribution in [0.4, 0.5) is 0 Å². The minimum atomic E-state index is -0.757. The molecule has 13 nitrogen and oxygen atoms in total. The number of benzene rings is 3. The van der Waals surface area contributed by atoms with E-state index in [1.807, 2.05) is 54.6 Å². The van der Waals surface area contributed by atoms with E-state index in [-0.39, 0.29) is 12.6 Å². The Labute approximate surface area is 396 Å². The highest BCUT2D eigenvalue weighted by Gasteiger charge is 2.37. The fraction of sp³-hybridized carbons (Fsp3) is 0.642. The maximum Gasteiger partial charge on any atom is 0.305 e. The standard InChI is InChI=1S/C53H82O13/c1-2-3-4-5-6-7-8-9-19-26-52(54)65-47-45-63-43-41-61-39-37-59-35-33-57-31-29-55-27-28-56-30-32-58-34-36-60-38-40-62-42-44-64-46-48-66-53(49-20-13-10-14-21-49,50-22-15-11-16-23-50)51-24-17-12-18-25-51/h10-18,20-25H,2-9,19,26-48H2,1H3. The molecule has 0 radical (unpaired) electrons. The van der Waals surface area contributed by atoms with E-state index in [9.17, 15) is 4.79 Å². The van der Waals surface area contributed by atoms with Crippen LogP contribution in [0, 0.1) is 0 Å². The van der Waals surface area contributed by atoms with Crippen LogP contribution in [0.25, 0.3) is 0 Å². The van der Waals surface area contributed by atoms with Crippen LogP contribution in [0.2, 0.25) is 0 Å². The van der Waals surface area contributed by atoms with Crippen molar-refractivity contribution < 1.29 is 61.6 Å². The van der Waals surface area contributed by atoms with Crippen LogP contribution in [0.15, 0.2) is 91.0 Å². The summed E-state index contributed by atoms with van der Waals surface area (Å²) in [5.74, 6) is -0.139. The summed E-state index contributed by atoms with van der Waals surface area (Å²) in [6.45, 7) is 12.4. The van der Waals surface area contributed by atoms with Gasteiger partial charge in [0.1, 0.15) is 12.2 Å². The first-order valence-corrected chi connectivity index (χ1v) is 24.5. The van der Waals surface area contributed by atoms with Crippen molar-refractivity contribution in [1.29, 1.82) is 0 Å². The molecule has 0 heterocycles. The monoisotopic (exact) mass is 927 g/mol. The second kappa shape index (κ2) is 41.8. The van der Waals surface area contributed by atoms with E-state index < -0.39 is 5.60 Å². The molecule has 3 aromatic rings. The zero-order chi connectivity index (χ0) is 46.5. The van der Waals surface area contributed by atoms with Crippen LogP contribution in [0.1, 0.15) is 87.8 Å². The number of hydrogen-bond donors (Lipinski definition) is 0. The Balaban J connectivity index is 0.983. The molecular formula is C53H82O13. The van der Waals surface area contributed by atoms with Gasteiger partial charge in [-0.1, -0.05) is 149 Å². The molecule has 372 valence electrons. The van der Waals surface area contributed by atoms with Gasteiger partial charge in [0, 0.05) is 6.42 Å². The largest absolute Gasteiger partial charge is 0.463 e. The summed E-state index contributed by atoms with van der Waals surface area (Å²) in [6, 6.07) is 31.0. The Bertz CT molecular complexity index is 1390. The van der Waals surface area contributed by atoms with Gasteiger partial charge in [0.05, 0.1) is 139 Å². The molecule has 0 spiro atoms. The summed E-state index contributed by atoms with van der Waals surface area (Å²) in [7, 11) is 0. The van der Waals surface area contributed by atoms with Crippen LogP contribution < -0.4 is 0 Å². The quantitative estimate of drug-likeness (QED) is 0.0305. The number of hydrogen-bond acceptors (Lipinski definition) is 13. The lowest BCUT2D eigenvalue weighted by atomic mass is 9.80.